The minimum atomic E-state index is -0.00972. The first kappa shape index (κ1) is 8.74. The highest BCUT2D eigenvalue weighted by Crippen LogP contribution is 2.22. The van der Waals surface area contributed by atoms with Crippen LogP contribution in [0.4, 0.5) is 0 Å². The minimum absolute atomic E-state index is 0.00972. The number of ketones is 1. The Labute approximate surface area is 81.1 Å². The van der Waals surface area contributed by atoms with Crippen LogP contribution in [0.15, 0.2) is 24.5 Å². The molecule has 14 heavy (non-hydrogen) atoms. The van der Waals surface area contributed by atoms with Gasteiger partial charge in [-0.3, -0.25) is 4.79 Å². The Morgan fingerprint density at radius 1 is 1.57 bits per heavy atom. The van der Waals surface area contributed by atoms with Crippen LogP contribution in [0.3, 0.4) is 0 Å². The molecule has 0 bridgehead atoms. The van der Waals surface area contributed by atoms with Gasteiger partial charge in [0, 0.05) is 6.20 Å². The van der Waals surface area contributed by atoms with Crippen molar-refractivity contribution in [2.75, 3.05) is 7.11 Å². The zero-order valence-electron chi connectivity index (χ0n) is 8.02. The van der Waals surface area contributed by atoms with Gasteiger partial charge in [-0.2, -0.15) is 5.10 Å². The fourth-order valence-corrected chi connectivity index (χ4v) is 1.43. The van der Waals surface area contributed by atoms with Crippen LogP contribution in [-0.2, 0) is 0 Å². The summed E-state index contributed by atoms with van der Waals surface area (Å²) in [5, 5.41) is 4.06. The highest BCUT2D eigenvalue weighted by molar-refractivity contribution is 6.01. The summed E-state index contributed by atoms with van der Waals surface area (Å²) < 4.78 is 6.80. The molecule has 72 valence electrons. The van der Waals surface area contributed by atoms with E-state index in [4.69, 9.17) is 4.74 Å². The summed E-state index contributed by atoms with van der Waals surface area (Å²) in [4.78, 5) is 11.3. The molecule has 0 unspecified atom stereocenters. The van der Waals surface area contributed by atoms with Crippen molar-refractivity contribution in [3.05, 3.63) is 30.1 Å². The van der Waals surface area contributed by atoms with Gasteiger partial charge in [0.15, 0.2) is 5.78 Å². The van der Waals surface area contributed by atoms with Crippen LogP contribution in [0.5, 0.6) is 5.75 Å². The Balaban J connectivity index is 2.81. The number of rotatable bonds is 2. The van der Waals surface area contributed by atoms with Gasteiger partial charge >= 0.3 is 0 Å². The van der Waals surface area contributed by atoms with Crippen molar-refractivity contribution in [1.29, 1.82) is 0 Å². The van der Waals surface area contributed by atoms with Crippen LogP contribution < -0.4 is 4.74 Å². The molecule has 0 aromatic carbocycles. The molecule has 0 fully saturated rings. The van der Waals surface area contributed by atoms with Gasteiger partial charge in [-0.15, -0.1) is 0 Å². The molecule has 4 nitrogen and oxygen atoms in total. The molecular formula is C10H10N2O2. The Hall–Kier alpha value is -1.84. The lowest BCUT2D eigenvalue weighted by Crippen LogP contribution is -1.95. The third kappa shape index (κ3) is 1.16. The molecule has 0 spiro atoms. The quantitative estimate of drug-likeness (QED) is 0.675. The summed E-state index contributed by atoms with van der Waals surface area (Å²) in [6.07, 6.45) is 3.34. The van der Waals surface area contributed by atoms with Gasteiger partial charge in [-0.1, -0.05) is 0 Å². The lowest BCUT2D eigenvalue weighted by molar-refractivity contribution is 0.101. The van der Waals surface area contributed by atoms with Crippen LogP contribution >= 0.6 is 0 Å². The number of Topliss-reactive ketones (excluding diaryl/α,β-unsaturated/α-hetero) is 1. The highest BCUT2D eigenvalue weighted by atomic mass is 16.5. The minimum Gasteiger partial charge on any atom is -0.494 e. The zero-order valence-corrected chi connectivity index (χ0v) is 8.02. The van der Waals surface area contributed by atoms with E-state index in [2.05, 4.69) is 5.10 Å². The summed E-state index contributed by atoms with van der Waals surface area (Å²) in [6, 6.07) is 3.63. The van der Waals surface area contributed by atoms with E-state index >= 15 is 0 Å². The van der Waals surface area contributed by atoms with E-state index in [-0.39, 0.29) is 5.78 Å². The molecule has 0 aliphatic rings. The van der Waals surface area contributed by atoms with Gasteiger partial charge in [-0.25, -0.2) is 4.52 Å². The average molecular weight is 190 g/mol. The number of ether oxygens (including phenoxy) is 1. The van der Waals surface area contributed by atoms with Crippen LogP contribution in [0, 0.1) is 0 Å². The van der Waals surface area contributed by atoms with E-state index in [1.807, 2.05) is 12.1 Å². The lowest BCUT2D eigenvalue weighted by atomic mass is 10.2. The summed E-state index contributed by atoms with van der Waals surface area (Å²) >= 11 is 0. The van der Waals surface area contributed by atoms with Gasteiger partial charge in [-0.05, 0) is 19.1 Å². The van der Waals surface area contributed by atoms with Crippen LogP contribution in [0.2, 0.25) is 0 Å². The fourth-order valence-electron chi connectivity index (χ4n) is 1.43. The summed E-state index contributed by atoms with van der Waals surface area (Å²) in [6.45, 7) is 1.52. The molecule has 4 heteroatoms. The van der Waals surface area contributed by atoms with Crippen molar-refractivity contribution in [2.24, 2.45) is 0 Å². The molecule has 2 heterocycles. The number of hydrogen-bond donors (Lipinski definition) is 0. The van der Waals surface area contributed by atoms with Crippen molar-refractivity contribution in [1.82, 2.24) is 9.61 Å². The van der Waals surface area contributed by atoms with E-state index in [9.17, 15) is 4.79 Å². The van der Waals surface area contributed by atoms with Gasteiger partial charge in [0.1, 0.15) is 11.3 Å². The van der Waals surface area contributed by atoms with E-state index in [1.165, 1.54) is 6.92 Å². The second-order valence-corrected chi connectivity index (χ2v) is 2.98. The SMILES string of the molecule is COc1cccn2ncc(C(C)=O)c12. The van der Waals surface area contributed by atoms with Crippen LogP contribution in [-0.4, -0.2) is 22.5 Å². The molecule has 0 N–H and O–H groups in total. The highest BCUT2D eigenvalue weighted by Gasteiger charge is 2.12. The monoisotopic (exact) mass is 190 g/mol. The molecule has 0 atom stereocenters. The Morgan fingerprint density at radius 2 is 2.36 bits per heavy atom. The second-order valence-electron chi connectivity index (χ2n) is 2.98. The predicted molar refractivity (Wildman–Crippen MR) is 51.7 cm³/mol. The maximum Gasteiger partial charge on any atom is 0.163 e. The maximum atomic E-state index is 11.3. The molecule has 2 aromatic heterocycles. The number of carbonyl (C=O) groups is 1. The van der Waals surface area contributed by atoms with Gasteiger partial charge in [0.2, 0.25) is 0 Å². The molecule has 0 radical (unpaired) electrons. The molecule has 2 rings (SSSR count). The van der Waals surface area contributed by atoms with E-state index in [0.717, 1.165) is 5.52 Å². The molecule has 0 aliphatic carbocycles. The Bertz CT molecular complexity index is 488. The van der Waals surface area contributed by atoms with Crippen LogP contribution in [0.1, 0.15) is 17.3 Å². The number of pyridine rings is 1. The predicted octanol–water partition coefficient (Wildman–Crippen LogP) is 1.55. The molecular weight excluding hydrogens is 180 g/mol. The number of methoxy groups -OCH3 is 1. The number of hydrogen-bond acceptors (Lipinski definition) is 3. The number of fused-ring (bicyclic) bond motifs is 1. The van der Waals surface area contributed by atoms with E-state index < -0.39 is 0 Å². The molecule has 0 saturated heterocycles. The lowest BCUT2D eigenvalue weighted by Gasteiger charge is -2.02. The van der Waals surface area contributed by atoms with Crippen molar-refractivity contribution >= 4 is 11.3 Å². The average Bonchev–Trinajstić information content (AvgIpc) is 2.60. The summed E-state index contributed by atoms with van der Waals surface area (Å²) in [5.74, 6) is 0.653. The smallest absolute Gasteiger partial charge is 0.163 e. The van der Waals surface area contributed by atoms with Gasteiger partial charge in [0.25, 0.3) is 0 Å². The second kappa shape index (κ2) is 3.14. The number of aromatic nitrogens is 2. The first-order chi connectivity index (χ1) is 6.74. The summed E-state index contributed by atoms with van der Waals surface area (Å²) in [5.41, 5.74) is 1.31. The Morgan fingerprint density at radius 3 is 3.00 bits per heavy atom. The topological polar surface area (TPSA) is 43.6 Å². The van der Waals surface area contributed by atoms with Crippen LogP contribution in [0.25, 0.3) is 5.52 Å². The van der Waals surface area contributed by atoms with Gasteiger partial charge < -0.3 is 4.74 Å². The van der Waals surface area contributed by atoms with Crippen molar-refractivity contribution < 1.29 is 9.53 Å². The van der Waals surface area contributed by atoms with E-state index in [1.54, 1.807) is 24.0 Å². The first-order valence-corrected chi connectivity index (χ1v) is 4.25. The Kier molecular flexibility index (Phi) is 1.96. The maximum absolute atomic E-state index is 11.3. The molecule has 2 aromatic rings. The van der Waals surface area contributed by atoms with Gasteiger partial charge in [0.05, 0.1) is 18.9 Å². The number of nitrogens with zero attached hydrogens (tertiary/aromatic N) is 2. The zero-order chi connectivity index (χ0) is 10.1. The molecule has 0 amide bonds. The third-order valence-corrected chi connectivity index (χ3v) is 2.10. The van der Waals surface area contributed by atoms with Crippen molar-refractivity contribution in [2.45, 2.75) is 6.92 Å². The normalized spacial score (nSPS) is 10.4. The largest absolute Gasteiger partial charge is 0.494 e. The standard InChI is InChI=1S/C10H10N2O2/c1-7(13)8-6-11-12-5-3-4-9(14-2)10(8)12/h3-6H,1-2H3. The summed E-state index contributed by atoms with van der Waals surface area (Å²) in [7, 11) is 1.58. The first-order valence-electron chi connectivity index (χ1n) is 4.25. The fraction of sp³-hybridized carbons (Fsp3) is 0.200. The third-order valence-electron chi connectivity index (χ3n) is 2.10. The number of carbonyl (C=O) groups excluding carboxylic acids is 1. The van der Waals surface area contributed by atoms with E-state index in [0.29, 0.717) is 11.3 Å². The van der Waals surface area contributed by atoms with Crippen molar-refractivity contribution in [3.63, 3.8) is 0 Å². The van der Waals surface area contributed by atoms with Crippen molar-refractivity contribution in [3.8, 4) is 5.75 Å². The molecule has 0 aliphatic heterocycles. The molecule has 0 saturated carbocycles.